The molecule has 0 bridgehead atoms. The van der Waals surface area contributed by atoms with Crippen LogP contribution in [0, 0.1) is 5.92 Å². The Kier molecular flexibility index (Phi) is 3.26. The average molecular weight is 229 g/mol. The van der Waals surface area contributed by atoms with Gasteiger partial charge in [-0.3, -0.25) is 10.1 Å². The first kappa shape index (κ1) is 11.3. The monoisotopic (exact) mass is 229 g/mol. The van der Waals surface area contributed by atoms with Crippen molar-refractivity contribution in [1.82, 2.24) is 5.32 Å². The first-order valence-electron chi connectivity index (χ1n) is 5.76. The van der Waals surface area contributed by atoms with Crippen LogP contribution >= 0.6 is 11.8 Å². The Balaban J connectivity index is 2.04. The number of hydrogen-bond acceptors (Lipinski definition) is 3. The third kappa shape index (κ3) is 2.48. The van der Waals surface area contributed by atoms with Crippen molar-refractivity contribution in [3.05, 3.63) is 0 Å². The second-order valence-electron chi connectivity index (χ2n) is 4.87. The molecule has 86 valence electrons. The molecule has 2 fully saturated rings. The van der Waals surface area contributed by atoms with Gasteiger partial charge in [0.25, 0.3) is 0 Å². The van der Waals surface area contributed by atoms with E-state index in [4.69, 9.17) is 5.11 Å². The van der Waals surface area contributed by atoms with Crippen LogP contribution in [0.3, 0.4) is 0 Å². The maximum Gasteiger partial charge on any atom is 0.320 e. The Morgan fingerprint density at radius 2 is 2.33 bits per heavy atom. The van der Waals surface area contributed by atoms with E-state index in [1.165, 1.54) is 12.8 Å². The van der Waals surface area contributed by atoms with Crippen molar-refractivity contribution in [3.63, 3.8) is 0 Å². The largest absolute Gasteiger partial charge is 0.480 e. The van der Waals surface area contributed by atoms with E-state index in [1.54, 1.807) is 0 Å². The number of thioether (sulfide) groups is 1. The normalized spacial score (nSPS) is 41.7. The van der Waals surface area contributed by atoms with E-state index in [1.807, 2.05) is 11.8 Å². The molecule has 1 saturated heterocycles. The van der Waals surface area contributed by atoms with Gasteiger partial charge < -0.3 is 5.11 Å². The molecule has 1 spiro atoms. The first-order chi connectivity index (χ1) is 7.11. The highest BCUT2D eigenvalue weighted by Gasteiger charge is 2.41. The molecule has 15 heavy (non-hydrogen) atoms. The number of carboxylic acid groups (broad SMARTS) is 1. The van der Waals surface area contributed by atoms with E-state index < -0.39 is 5.97 Å². The number of nitrogens with one attached hydrogen (secondary N) is 1. The maximum atomic E-state index is 11.0. The van der Waals surface area contributed by atoms with Crippen LogP contribution in [0.25, 0.3) is 0 Å². The molecule has 1 heterocycles. The SMILES string of the molecule is CC1CCCC2(C1)NC(C(=O)O)CCS2. The Bertz CT molecular complexity index is 255. The van der Waals surface area contributed by atoms with Crippen LogP contribution in [-0.2, 0) is 4.79 Å². The Morgan fingerprint density at radius 1 is 1.53 bits per heavy atom. The van der Waals surface area contributed by atoms with Crippen LogP contribution in [0.2, 0.25) is 0 Å². The van der Waals surface area contributed by atoms with Crippen molar-refractivity contribution in [1.29, 1.82) is 0 Å². The van der Waals surface area contributed by atoms with E-state index in [0.29, 0.717) is 0 Å². The molecule has 3 nitrogen and oxygen atoms in total. The van der Waals surface area contributed by atoms with Gasteiger partial charge in [0.15, 0.2) is 0 Å². The number of carboxylic acids is 1. The van der Waals surface area contributed by atoms with Crippen molar-refractivity contribution >= 4 is 17.7 Å². The van der Waals surface area contributed by atoms with E-state index >= 15 is 0 Å². The van der Waals surface area contributed by atoms with Crippen LogP contribution in [0.5, 0.6) is 0 Å². The fourth-order valence-electron chi connectivity index (χ4n) is 2.75. The fraction of sp³-hybridized carbons (Fsp3) is 0.909. The number of carbonyl (C=O) groups is 1. The zero-order valence-electron chi connectivity index (χ0n) is 9.16. The molecule has 2 aliphatic rings. The summed E-state index contributed by atoms with van der Waals surface area (Å²) in [6, 6.07) is -0.323. The van der Waals surface area contributed by atoms with Crippen LogP contribution < -0.4 is 5.32 Å². The molecule has 2 N–H and O–H groups in total. The molecule has 4 heteroatoms. The summed E-state index contributed by atoms with van der Waals surface area (Å²) in [7, 11) is 0. The van der Waals surface area contributed by atoms with Crippen molar-refractivity contribution in [2.45, 2.75) is 49.9 Å². The zero-order valence-corrected chi connectivity index (χ0v) is 9.98. The third-order valence-corrected chi connectivity index (χ3v) is 4.96. The summed E-state index contributed by atoms with van der Waals surface area (Å²) in [6.45, 7) is 2.27. The molecular formula is C11H19NO2S. The molecule has 0 aromatic rings. The first-order valence-corrected chi connectivity index (χ1v) is 6.74. The van der Waals surface area contributed by atoms with E-state index in [0.717, 1.165) is 30.9 Å². The molecule has 1 saturated carbocycles. The molecule has 3 unspecified atom stereocenters. The van der Waals surface area contributed by atoms with Gasteiger partial charge in [0, 0.05) is 0 Å². The molecule has 0 amide bonds. The molecule has 2 rings (SSSR count). The summed E-state index contributed by atoms with van der Waals surface area (Å²) < 4.78 is 0. The summed E-state index contributed by atoms with van der Waals surface area (Å²) in [5.74, 6) is 1.02. The molecule has 3 atom stereocenters. The smallest absolute Gasteiger partial charge is 0.320 e. The van der Waals surface area contributed by atoms with Crippen molar-refractivity contribution in [2.75, 3.05) is 5.75 Å². The Hall–Kier alpha value is -0.220. The van der Waals surface area contributed by atoms with Crippen LogP contribution in [0.1, 0.15) is 39.0 Å². The minimum atomic E-state index is -0.687. The minimum absolute atomic E-state index is 0.0684. The lowest BCUT2D eigenvalue weighted by molar-refractivity contribution is -0.140. The lowest BCUT2D eigenvalue weighted by atomic mass is 9.85. The number of hydrogen-bond donors (Lipinski definition) is 2. The predicted molar refractivity (Wildman–Crippen MR) is 62.0 cm³/mol. The van der Waals surface area contributed by atoms with E-state index in [-0.39, 0.29) is 10.9 Å². The topological polar surface area (TPSA) is 49.3 Å². The van der Waals surface area contributed by atoms with Crippen LogP contribution in [0.4, 0.5) is 0 Å². The standard InChI is InChI=1S/C11H19NO2S/c1-8-3-2-5-11(7-8)12-9(10(13)14)4-6-15-11/h8-9,12H,2-7H2,1H3,(H,13,14). The highest BCUT2D eigenvalue weighted by atomic mass is 32.2. The van der Waals surface area contributed by atoms with E-state index in [2.05, 4.69) is 12.2 Å². The van der Waals surface area contributed by atoms with Gasteiger partial charge in [0.1, 0.15) is 6.04 Å². The Labute approximate surface area is 95.0 Å². The fourth-order valence-corrected chi connectivity index (χ4v) is 4.41. The van der Waals surface area contributed by atoms with Gasteiger partial charge in [-0.25, -0.2) is 0 Å². The molecular weight excluding hydrogens is 210 g/mol. The van der Waals surface area contributed by atoms with Gasteiger partial charge in [0.05, 0.1) is 4.87 Å². The van der Waals surface area contributed by atoms with Crippen LogP contribution in [0.15, 0.2) is 0 Å². The molecule has 1 aliphatic carbocycles. The molecule has 0 aromatic heterocycles. The summed E-state index contributed by atoms with van der Waals surface area (Å²) >= 11 is 1.94. The van der Waals surface area contributed by atoms with Gasteiger partial charge in [-0.2, -0.15) is 0 Å². The molecule has 0 radical (unpaired) electrons. The summed E-state index contributed by atoms with van der Waals surface area (Å²) in [6.07, 6.45) is 5.54. The Morgan fingerprint density at radius 3 is 3.00 bits per heavy atom. The van der Waals surface area contributed by atoms with Crippen molar-refractivity contribution < 1.29 is 9.90 Å². The quantitative estimate of drug-likeness (QED) is 0.722. The zero-order chi connectivity index (χ0) is 10.9. The third-order valence-electron chi connectivity index (χ3n) is 3.48. The van der Waals surface area contributed by atoms with Crippen molar-refractivity contribution in [3.8, 4) is 0 Å². The highest BCUT2D eigenvalue weighted by Crippen LogP contribution is 2.43. The summed E-state index contributed by atoms with van der Waals surface area (Å²) in [5, 5.41) is 12.4. The lowest BCUT2D eigenvalue weighted by Crippen LogP contribution is -2.56. The summed E-state index contributed by atoms with van der Waals surface area (Å²) in [4.78, 5) is 11.1. The lowest BCUT2D eigenvalue weighted by Gasteiger charge is -2.45. The second-order valence-corrected chi connectivity index (χ2v) is 6.35. The van der Waals surface area contributed by atoms with Gasteiger partial charge in [-0.05, 0) is 30.9 Å². The van der Waals surface area contributed by atoms with Crippen LogP contribution in [-0.4, -0.2) is 27.7 Å². The predicted octanol–water partition coefficient (Wildman–Crippen LogP) is 2.07. The average Bonchev–Trinajstić information content (AvgIpc) is 2.17. The minimum Gasteiger partial charge on any atom is -0.480 e. The molecule has 0 aromatic carbocycles. The molecule has 1 aliphatic heterocycles. The maximum absolute atomic E-state index is 11.0. The second kappa shape index (κ2) is 4.34. The number of rotatable bonds is 1. The number of aliphatic carboxylic acids is 1. The van der Waals surface area contributed by atoms with Gasteiger partial charge in [-0.15, -0.1) is 11.8 Å². The van der Waals surface area contributed by atoms with Crippen molar-refractivity contribution in [2.24, 2.45) is 5.92 Å². The van der Waals surface area contributed by atoms with Gasteiger partial charge >= 0.3 is 5.97 Å². The van der Waals surface area contributed by atoms with Gasteiger partial charge in [0.2, 0.25) is 0 Å². The van der Waals surface area contributed by atoms with Gasteiger partial charge in [-0.1, -0.05) is 19.8 Å². The van der Waals surface area contributed by atoms with E-state index in [9.17, 15) is 4.79 Å². The summed E-state index contributed by atoms with van der Waals surface area (Å²) in [5.41, 5.74) is 0. The highest BCUT2D eigenvalue weighted by molar-refractivity contribution is 8.00.